The topological polar surface area (TPSA) is 78.0 Å². The van der Waals surface area contributed by atoms with Crippen molar-refractivity contribution in [1.82, 2.24) is 9.78 Å². The Hall–Kier alpha value is -2.84. The number of sulfonamides is 1. The molecular weight excluding hydrogens is 360 g/mol. The van der Waals surface area contributed by atoms with Gasteiger partial charge in [-0.05, 0) is 29.7 Å². The first-order valence-electron chi connectivity index (χ1n) is 7.68. The number of aromatic nitrogens is 2. The molecule has 8 heteroatoms. The van der Waals surface area contributed by atoms with E-state index in [2.05, 4.69) is 5.10 Å². The van der Waals surface area contributed by atoms with Gasteiger partial charge < -0.3 is 0 Å². The summed E-state index contributed by atoms with van der Waals surface area (Å²) in [5, 5.41) is 11.2. The molecule has 0 aliphatic carbocycles. The first-order chi connectivity index (χ1) is 12.4. The summed E-state index contributed by atoms with van der Waals surface area (Å²) < 4.78 is 51.2. The zero-order chi connectivity index (χ0) is 18.5. The molecule has 0 saturated heterocycles. The van der Waals surface area contributed by atoms with E-state index in [1.807, 2.05) is 24.3 Å². The molecule has 0 saturated carbocycles. The first kappa shape index (κ1) is 16.6. The van der Waals surface area contributed by atoms with Crippen molar-refractivity contribution in [2.45, 2.75) is 11.3 Å². The minimum Gasteiger partial charge on any atom is -0.232 e. The van der Waals surface area contributed by atoms with Crippen molar-refractivity contribution < 1.29 is 17.2 Å². The lowest BCUT2D eigenvalue weighted by Gasteiger charge is -2.07. The van der Waals surface area contributed by atoms with Crippen LogP contribution >= 0.6 is 0 Å². The Morgan fingerprint density at radius 2 is 1.62 bits per heavy atom. The number of hydrogen-bond donors (Lipinski definition) is 1. The summed E-state index contributed by atoms with van der Waals surface area (Å²) >= 11 is 0. The van der Waals surface area contributed by atoms with Crippen LogP contribution in [0.3, 0.4) is 0 Å². The average Bonchev–Trinajstić information content (AvgIpc) is 3.01. The van der Waals surface area contributed by atoms with Gasteiger partial charge in [-0.15, -0.1) is 0 Å². The van der Waals surface area contributed by atoms with Gasteiger partial charge in [-0.25, -0.2) is 27.0 Å². The van der Waals surface area contributed by atoms with Crippen LogP contribution in [-0.4, -0.2) is 18.2 Å². The summed E-state index contributed by atoms with van der Waals surface area (Å²) in [6.45, 7) is 0. The van der Waals surface area contributed by atoms with Crippen LogP contribution in [0, 0.1) is 0 Å². The van der Waals surface area contributed by atoms with Gasteiger partial charge in [-0.2, -0.15) is 5.10 Å². The number of nitrogens with two attached hydrogens (primary N) is 1. The number of fused-ring (bicyclic) bond motifs is 3. The highest BCUT2D eigenvalue weighted by Gasteiger charge is 2.21. The molecule has 1 heterocycles. The van der Waals surface area contributed by atoms with E-state index < -0.39 is 16.4 Å². The van der Waals surface area contributed by atoms with Crippen molar-refractivity contribution in [3.05, 3.63) is 66.4 Å². The molecule has 0 atom stereocenters. The molecule has 0 unspecified atom stereocenters. The van der Waals surface area contributed by atoms with Gasteiger partial charge in [-0.3, -0.25) is 0 Å². The van der Waals surface area contributed by atoms with Gasteiger partial charge in [0.2, 0.25) is 10.0 Å². The van der Waals surface area contributed by atoms with Crippen molar-refractivity contribution in [1.29, 1.82) is 0 Å². The molecule has 4 rings (SSSR count). The van der Waals surface area contributed by atoms with E-state index in [1.165, 1.54) is 28.9 Å². The molecule has 5 nitrogen and oxygen atoms in total. The van der Waals surface area contributed by atoms with Gasteiger partial charge in [-0.1, -0.05) is 36.4 Å². The zero-order valence-corrected chi connectivity index (χ0v) is 14.1. The minimum absolute atomic E-state index is 0.0587. The fraction of sp³-hybridized carbons (Fsp3) is 0.0556. The number of rotatable bonds is 3. The second kappa shape index (κ2) is 5.86. The highest BCUT2D eigenvalue weighted by molar-refractivity contribution is 7.89. The smallest absolute Gasteiger partial charge is 0.232 e. The second-order valence-electron chi connectivity index (χ2n) is 5.82. The van der Waals surface area contributed by atoms with Crippen LogP contribution in [0.2, 0.25) is 0 Å². The molecule has 26 heavy (non-hydrogen) atoms. The average molecular weight is 373 g/mol. The van der Waals surface area contributed by atoms with E-state index in [0.717, 1.165) is 10.8 Å². The molecule has 0 aliphatic heterocycles. The third-order valence-corrected chi connectivity index (χ3v) is 5.14. The lowest BCUT2D eigenvalue weighted by Crippen LogP contribution is -2.12. The van der Waals surface area contributed by atoms with Crippen LogP contribution in [0.15, 0.2) is 65.6 Å². The second-order valence-corrected chi connectivity index (χ2v) is 7.38. The van der Waals surface area contributed by atoms with E-state index in [1.54, 1.807) is 12.1 Å². The van der Waals surface area contributed by atoms with E-state index in [9.17, 15) is 17.2 Å². The van der Waals surface area contributed by atoms with Gasteiger partial charge >= 0.3 is 0 Å². The first-order valence-corrected chi connectivity index (χ1v) is 9.22. The Bertz CT molecular complexity index is 1230. The minimum atomic E-state index is -3.84. The lowest BCUT2D eigenvalue weighted by atomic mass is 10.1. The number of nitrogens with zero attached hydrogens (tertiary/aromatic N) is 2. The highest BCUT2D eigenvalue weighted by atomic mass is 32.2. The molecule has 1 aromatic heterocycles. The number of halogens is 2. The maximum absolute atomic E-state index is 13.5. The summed E-state index contributed by atoms with van der Waals surface area (Å²) in [6, 6.07) is 16.4. The van der Waals surface area contributed by atoms with Crippen LogP contribution in [-0.2, 0) is 10.0 Å². The normalized spacial score (nSPS) is 12.3. The van der Waals surface area contributed by atoms with Crippen molar-refractivity contribution in [3.63, 3.8) is 0 Å². The fourth-order valence-electron chi connectivity index (χ4n) is 3.03. The van der Waals surface area contributed by atoms with Crippen LogP contribution in [0.1, 0.15) is 12.1 Å². The maximum Gasteiger partial charge on any atom is 0.282 e. The molecule has 0 amide bonds. The van der Waals surface area contributed by atoms with Crippen molar-refractivity contribution >= 4 is 31.7 Å². The molecule has 4 aromatic rings. The maximum atomic E-state index is 13.5. The van der Waals surface area contributed by atoms with Crippen LogP contribution in [0.25, 0.3) is 27.4 Å². The van der Waals surface area contributed by atoms with Crippen LogP contribution in [0.5, 0.6) is 0 Å². The highest BCUT2D eigenvalue weighted by Crippen LogP contribution is 2.33. The molecular formula is C18H13F2N3O2S. The molecule has 0 fully saturated rings. The van der Waals surface area contributed by atoms with Crippen molar-refractivity contribution in [3.8, 4) is 5.69 Å². The Morgan fingerprint density at radius 1 is 0.923 bits per heavy atom. The molecule has 0 radical (unpaired) electrons. The van der Waals surface area contributed by atoms with E-state index in [4.69, 9.17) is 5.14 Å². The zero-order valence-electron chi connectivity index (χ0n) is 13.3. The lowest BCUT2D eigenvalue weighted by molar-refractivity contribution is 0.147. The Labute approximate surface area is 147 Å². The van der Waals surface area contributed by atoms with Gasteiger partial charge in [0.1, 0.15) is 5.69 Å². The number of alkyl halides is 2. The summed E-state index contributed by atoms with van der Waals surface area (Å²) in [4.78, 5) is -0.0587. The molecule has 132 valence electrons. The monoisotopic (exact) mass is 373 g/mol. The largest absolute Gasteiger partial charge is 0.282 e. The summed E-state index contributed by atoms with van der Waals surface area (Å²) in [6.07, 6.45) is -2.73. The van der Waals surface area contributed by atoms with E-state index >= 15 is 0 Å². The van der Waals surface area contributed by atoms with E-state index in [-0.39, 0.29) is 10.6 Å². The predicted octanol–water partition coefficient (Wildman–Crippen LogP) is 3.76. The Kier molecular flexibility index (Phi) is 3.74. The standard InChI is InChI=1S/C18H13F2N3O2S/c19-18(20)16-15-10-5-11-3-1-2-4-14(11)17(15)23(22-16)12-6-8-13(9-7-12)26(21,24)25/h1-10,18H,(H2,21,24,25). The SMILES string of the molecule is NS(=O)(=O)c1ccc(-n2nc(C(F)F)c3ccc4ccccc4c32)cc1. The molecule has 0 bridgehead atoms. The van der Waals surface area contributed by atoms with E-state index in [0.29, 0.717) is 16.6 Å². The molecule has 2 N–H and O–H groups in total. The third kappa shape index (κ3) is 2.63. The van der Waals surface area contributed by atoms with Crippen LogP contribution < -0.4 is 5.14 Å². The van der Waals surface area contributed by atoms with Crippen molar-refractivity contribution in [2.75, 3.05) is 0 Å². The van der Waals surface area contributed by atoms with Gasteiger partial charge in [0.15, 0.2) is 0 Å². The number of primary sulfonamides is 1. The Balaban J connectivity index is 2.04. The van der Waals surface area contributed by atoms with Gasteiger partial charge in [0, 0.05) is 10.8 Å². The summed E-state index contributed by atoms with van der Waals surface area (Å²) in [5.41, 5.74) is 0.689. The molecule has 0 spiro atoms. The fourth-order valence-corrected chi connectivity index (χ4v) is 3.54. The summed E-state index contributed by atoms with van der Waals surface area (Å²) in [7, 11) is -3.84. The molecule has 3 aromatic carbocycles. The van der Waals surface area contributed by atoms with Crippen LogP contribution in [0.4, 0.5) is 8.78 Å². The Morgan fingerprint density at radius 3 is 2.27 bits per heavy atom. The number of hydrogen-bond acceptors (Lipinski definition) is 3. The summed E-state index contributed by atoms with van der Waals surface area (Å²) in [5.74, 6) is 0. The predicted molar refractivity (Wildman–Crippen MR) is 94.9 cm³/mol. The quantitative estimate of drug-likeness (QED) is 0.594. The molecule has 0 aliphatic rings. The third-order valence-electron chi connectivity index (χ3n) is 4.21. The van der Waals surface area contributed by atoms with Gasteiger partial charge in [0.25, 0.3) is 6.43 Å². The van der Waals surface area contributed by atoms with Crippen molar-refractivity contribution in [2.24, 2.45) is 5.14 Å². The number of benzene rings is 3. The van der Waals surface area contributed by atoms with Gasteiger partial charge in [0.05, 0.1) is 16.1 Å².